The van der Waals surface area contributed by atoms with Crippen LogP contribution in [0.4, 0.5) is 0 Å². The Labute approximate surface area is 73.0 Å². The highest BCUT2D eigenvalue weighted by atomic mass is 16.5. The van der Waals surface area contributed by atoms with Crippen molar-refractivity contribution < 1.29 is 9.53 Å². The molecular weight excluding hydrogens is 154 g/mol. The van der Waals surface area contributed by atoms with Gasteiger partial charge in [0.25, 0.3) is 0 Å². The predicted molar refractivity (Wildman–Crippen MR) is 46.6 cm³/mol. The minimum absolute atomic E-state index is 0.234. The Kier molecular flexibility index (Phi) is 3.14. The minimum atomic E-state index is -0.234. The summed E-state index contributed by atoms with van der Waals surface area (Å²) in [6.45, 7) is 3.91. The number of carbonyl (C=O) groups is 1. The molecule has 1 aliphatic rings. The van der Waals surface area contributed by atoms with Gasteiger partial charge in [-0.05, 0) is 19.8 Å². The van der Waals surface area contributed by atoms with Crippen LogP contribution in [0.3, 0.4) is 0 Å². The molecule has 68 valence electrons. The summed E-state index contributed by atoms with van der Waals surface area (Å²) in [4.78, 5) is 13.1. The van der Waals surface area contributed by atoms with Crippen molar-refractivity contribution in [2.75, 3.05) is 20.2 Å². The fraction of sp³-hybridized carbons (Fsp3) is 0.667. The van der Waals surface area contributed by atoms with Crippen LogP contribution >= 0.6 is 0 Å². The molecule has 0 unspecified atom stereocenters. The maximum absolute atomic E-state index is 11.0. The van der Waals surface area contributed by atoms with Gasteiger partial charge in [0.15, 0.2) is 0 Å². The lowest BCUT2D eigenvalue weighted by Gasteiger charge is -2.11. The van der Waals surface area contributed by atoms with Crippen LogP contribution in [0.1, 0.15) is 19.8 Å². The number of carbonyl (C=O) groups excluding carboxylic acids is 1. The highest BCUT2D eigenvalue weighted by molar-refractivity contribution is 5.87. The molecule has 0 aromatic rings. The number of likely N-dealkylation sites (tertiary alicyclic amines) is 1. The Balaban J connectivity index is 2.48. The van der Waals surface area contributed by atoms with E-state index in [0.717, 1.165) is 13.1 Å². The van der Waals surface area contributed by atoms with E-state index in [4.69, 9.17) is 0 Å². The zero-order valence-corrected chi connectivity index (χ0v) is 7.67. The second-order valence-corrected chi connectivity index (χ2v) is 3.05. The summed E-state index contributed by atoms with van der Waals surface area (Å²) in [5.74, 6) is -0.234. The van der Waals surface area contributed by atoms with Gasteiger partial charge in [-0.3, -0.25) is 0 Å². The molecule has 0 aromatic carbocycles. The van der Waals surface area contributed by atoms with Gasteiger partial charge >= 0.3 is 5.97 Å². The SMILES string of the molecule is COC(=O)/C(C)=C/N1CCCC1. The standard InChI is InChI=1S/C9H15NO2/c1-8(9(11)12-2)7-10-5-3-4-6-10/h7H,3-6H2,1-2H3/b8-7+. The van der Waals surface area contributed by atoms with E-state index in [-0.39, 0.29) is 5.97 Å². The van der Waals surface area contributed by atoms with E-state index in [1.807, 2.05) is 6.20 Å². The van der Waals surface area contributed by atoms with E-state index in [9.17, 15) is 4.79 Å². The molecule has 0 saturated carbocycles. The summed E-state index contributed by atoms with van der Waals surface area (Å²) in [6, 6.07) is 0. The number of esters is 1. The molecule has 1 saturated heterocycles. The monoisotopic (exact) mass is 169 g/mol. The Morgan fingerprint density at radius 3 is 2.50 bits per heavy atom. The first-order valence-electron chi connectivity index (χ1n) is 4.25. The molecule has 0 atom stereocenters. The molecule has 0 aliphatic carbocycles. The van der Waals surface area contributed by atoms with Gasteiger partial charge in [0, 0.05) is 24.9 Å². The average molecular weight is 169 g/mol. The van der Waals surface area contributed by atoms with Crippen LogP contribution in [0.25, 0.3) is 0 Å². The van der Waals surface area contributed by atoms with Crippen molar-refractivity contribution in [3.05, 3.63) is 11.8 Å². The Morgan fingerprint density at radius 1 is 1.42 bits per heavy atom. The lowest BCUT2D eigenvalue weighted by Crippen LogP contribution is -2.14. The quantitative estimate of drug-likeness (QED) is 0.459. The molecule has 0 bridgehead atoms. The molecule has 1 fully saturated rings. The molecule has 12 heavy (non-hydrogen) atoms. The summed E-state index contributed by atoms with van der Waals surface area (Å²) in [6.07, 6.45) is 4.34. The van der Waals surface area contributed by atoms with Gasteiger partial charge in [0.2, 0.25) is 0 Å². The highest BCUT2D eigenvalue weighted by Crippen LogP contribution is 2.09. The molecule has 3 nitrogen and oxygen atoms in total. The van der Waals surface area contributed by atoms with Crippen LogP contribution < -0.4 is 0 Å². The average Bonchev–Trinajstić information content (AvgIpc) is 2.55. The summed E-state index contributed by atoms with van der Waals surface area (Å²) in [7, 11) is 1.41. The minimum Gasteiger partial charge on any atom is -0.466 e. The number of rotatable bonds is 2. The first-order valence-corrected chi connectivity index (χ1v) is 4.25. The first kappa shape index (κ1) is 9.10. The topological polar surface area (TPSA) is 29.5 Å². The van der Waals surface area contributed by atoms with Gasteiger partial charge < -0.3 is 9.64 Å². The second-order valence-electron chi connectivity index (χ2n) is 3.05. The summed E-state index contributed by atoms with van der Waals surface area (Å²) in [5.41, 5.74) is 0.680. The van der Waals surface area contributed by atoms with Gasteiger partial charge in [-0.15, -0.1) is 0 Å². The summed E-state index contributed by atoms with van der Waals surface area (Å²) in [5, 5.41) is 0. The third-order valence-electron chi connectivity index (χ3n) is 2.02. The smallest absolute Gasteiger partial charge is 0.334 e. The number of ether oxygens (including phenoxy) is 1. The number of nitrogens with zero attached hydrogens (tertiary/aromatic N) is 1. The Hall–Kier alpha value is -0.990. The van der Waals surface area contributed by atoms with E-state index in [1.165, 1.54) is 20.0 Å². The van der Waals surface area contributed by atoms with E-state index in [2.05, 4.69) is 9.64 Å². The van der Waals surface area contributed by atoms with Gasteiger partial charge in [0.1, 0.15) is 0 Å². The van der Waals surface area contributed by atoms with Gasteiger partial charge in [-0.2, -0.15) is 0 Å². The zero-order valence-electron chi connectivity index (χ0n) is 7.67. The maximum Gasteiger partial charge on any atom is 0.334 e. The van der Waals surface area contributed by atoms with Gasteiger partial charge in [-0.25, -0.2) is 4.79 Å². The molecule has 0 aromatic heterocycles. The van der Waals surface area contributed by atoms with E-state index in [0.29, 0.717) is 5.57 Å². The molecule has 0 spiro atoms. The van der Waals surface area contributed by atoms with Crippen LogP contribution in [0.15, 0.2) is 11.8 Å². The number of hydrogen-bond donors (Lipinski definition) is 0. The van der Waals surface area contributed by atoms with E-state index < -0.39 is 0 Å². The van der Waals surface area contributed by atoms with Crippen LogP contribution in [-0.2, 0) is 9.53 Å². The lowest BCUT2D eigenvalue weighted by atomic mass is 10.3. The normalized spacial score (nSPS) is 18.2. The fourth-order valence-corrected chi connectivity index (χ4v) is 1.36. The van der Waals surface area contributed by atoms with Gasteiger partial charge in [-0.1, -0.05) is 0 Å². The zero-order chi connectivity index (χ0) is 8.97. The van der Waals surface area contributed by atoms with Crippen LogP contribution in [-0.4, -0.2) is 31.1 Å². The van der Waals surface area contributed by atoms with Crippen LogP contribution in [0, 0.1) is 0 Å². The Bertz CT molecular complexity index is 193. The largest absolute Gasteiger partial charge is 0.466 e. The number of hydrogen-bond acceptors (Lipinski definition) is 3. The van der Waals surface area contributed by atoms with Crippen molar-refractivity contribution in [2.45, 2.75) is 19.8 Å². The lowest BCUT2D eigenvalue weighted by molar-refractivity contribution is -0.136. The van der Waals surface area contributed by atoms with Crippen molar-refractivity contribution >= 4 is 5.97 Å². The van der Waals surface area contributed by atoms with Crippen LogP contribution in [0.5, 0.6) is 0 Å². The predicted octanol–water partition coefficient (Wildman–Crippen LogP) is 1.16. The molecule has 3 heteroatoms. The molecule has 1 rings (SSSR count). The van der Waals surface area contributed by atoms with E-state index >= 15 is 0 Å². The fourth-order valence-electron chi connectivity index (χ4n) is 1.36. The Morgan fingerprint density at radius 2 is 2.00 bits per heavy atom. The van der Waals surface area contributed by atoms with Gasteiger partial charge in [0.05, 0.1) is 7.11 Å². The van der Waals surface area contributed by atoms with Crippen molar-refractivity contribution in [3.63, 3.8) is 0 Å². The third kappa shape index (κ3) is 2.26. The molecule has 0 amide bonds. The summed E-state index contributed by atoms with van der Waals surface area (Å²) < 4.78 is 4.59. The molecule has 0 radical (unpaired) electrons. The maximum atomic E-state index is 11.0. The molecule has 0 N–H and O–H groups in total. The molecule has 1 aliphatic heterocycles. The summed E-state index contributed by atoms with van der Waals surface area (Å²) >= 11 is 0. The van der Waals surface area contributed by atoms with Crippen molar-refractivity contribution in [1.29, 1.82) is 0 Å². The van der Waals surface area contributed by atoms with Crippen molar-refractivity contribution in [2.24, 2.45) is 0 Å². The third-order valence-corrected chi connectivity index (χ3v) is 2.02. The second kappa shape index (κ2) is 4.14. The van der Waals surface area contributed by atoms with Crippen molar-refractivity contribution in [3.8, 4) is 0 Å². The van der Waals surface area contributed by atoms with Crippen LogP contribution in [0.2, 0.25) is 0 Å². The molecule has 1 heterocycles. The molecular formula is C9H15NO2. The van der Waals surface area contributed by atoms with E-state index in [1.54, 1.807) is 6.92 Å². The van der Waals surface area contributed by atoms with Crippen molar-refractivity contribution in [1.82, 2.24) is 4.90 Å². The highest BCUT2D eigenvalue weighted by Gasteiger charge is 2.10. The number of methoxy groups -OCH3 is 1. The first-order chi connectivity index (χ1) is 5.74.